The molecule has 0 fully saturated rings. The van der Waals surface area contributed by atoms with Gasteiger partial charge in [-0.2, -0.15) is 0 Å². The number of thioether (sulfide) groups is 2. The molecule has 0 spiro atoms. The summed E-state index contributed by atoms with van der Waals surface area (Å²) in [6, 6.07) is 10.8. The molecule has 6 nitrogen and oxygen atoms in total. The summed E-state index contributed by atoms with van der Waals surface area (Å²) >= 11 is 3.53. The van der Waals surface area contributed by atoms with Crippen LogP contribution in [0.5, 0.6) is 23.0 Å². The SMILES string of the molecule is C=CCc1cc2c(c(OC)c1)OCN(c1c(C)cc(SC)c(N3COc4c(cc(CC=C)cc4OC)C3)c1SC)C2. The topological polar surface area (TPSA) is 43.4 Å². The third-order valence-corrected chi connectivity index (χ3v) is 9.02. The van der Waals surface area contributed by atoms with E-state index in [2.05, 4.69) is 60.6 Å². The highest BCUT2D eigenvalue weighted by molar-refractivity contribution is 7.99. The van der Waals surface area contributed by atoms with Gasteiger partial charge in [0.05, 0.1) is 43.6 Å². The molecule has 2 heterocycles. The Morgan fingerprint density at radius 1 is 0.780 bits per heavy atom. The lowest BCUT2D eigenvalue weighted by Gasteiger charge is -2.38. The monoisotopic (exact) mass is 590 g/mol. The van der Waals surface area contributed by atoms with Crippen molar-refractivity contribution in [3.63, 3.8) is 0 Å². The van der Waals surface area contributed by atoms with Crippen LogP contribution in [0.25, 0.3) is 0 Å². The fourth-order valence-corrected chi connectivity index (χ4v) is 7.43. The van der Waals surface area contributed by atoms with Crippen molar-refractivity contribution in [3.8, 4) is 23.0 Å². The van der Waals surface area contributed by atoms with Gasteiger partial charge in [-0.15, -0.1) is 36.7 Å². The van der Waals surface area contributed by atoms with Gasteiger partial charge in [0.15, 0.2) is 36.5 Å². The van der Waals surface area contributed by atoms with Gasteiger partial charge in [-0.3, -0.25) is 0 Å². The van der Waals surface area contributed by atoms with Gasteiger partial charge in [0.2, 0.25) is 0 Å². The maximum Gasteiger partial charge on any atom is 0.168 e. The van der Waals surface area contributed by atoms with Gasteiger partial charge >= 0.3 is 0 Å². The van der Waals surface area contributed by atoms with Crippen LogP contribution in [0.15, 0.2) is 65.4 Å². The first-order valence-electron chi connectivity index (χ1n) is 13.6. The Labute approximate surface area is 252 Å². The Balaban J connectivity index is 1.56. The number of benzene rings is 3. The maximum atomic E-state index is 6.36. The lowest BCUT2D eigenvalue weighted by atomic mass is 10.0. The third-order valence-electron chi connectivity index (χ3n) is 7.48. The summed E-state index contributed by atoms with van der Waals surface area (Å²) in [6.07, 6.45) is 9.68. The van der Waals surface area contributed by atoms with Gasteiger partial charge in [0, 0.05) is 16.0 Å². The van der Waals surface area contributed by atoms with E-state index in [-0.39, 0.29) is 0 Å². The molecule has 3 aromatic rings. The molecular formula is C33H38N2O4S2. The first-order valence-corrected chi connectivity index (χ1v) is 16.0. The van der Waals surface area contributed by atoms with Crippen molar-refractivity contribution in [1.82, 2.24) is 0 Å². The summed E-state index contributed by atoms with van der Waals surface area (Å²) in [5.74, 6) is 3.19. The molecule has 0 amide bonds. The lowest BCUT2D eigenvalue weighted by Crippen LogP contribution is -2.35. The molecule has 8 heteroatoms. The van der Waals surface area contributed by atoms with Gasteiger partial charge in [-0.1, -0.05) is 12.2 Å². The number of allylic oxidation sites excluding steroid dienone is 2. The number of hydrogen-bond donors (Lipinski definition) is 0. The Morgan fingerprint density at radius 3 is 1.73 bits per heavy atom. The molecule has 0 bridgehead atoms. The largest absolute Gasteiger partial charge is 0.493 e. The predicted octanol–water partition coefficient (Wildman–Crippen LogP) is 7.63. The van der Waals surface area contributed by atoms with Crippen LogP contribution in [-0.2, 0) is 25.9 Å². The minimum atomic E-state index is 0.440. The molecule has 0 unspecified atom stereocenters. The number of methoxy groups -OCH3 is 2. The first kappa shape index (κ1) is 29.1. The smallest absolute Gasteiger partial charge is 0.168 e. The zero-order valence-corrected chi connectivity index (χ0v) is 26.2. The average Bonchev–Trinajstić information content (AvgIpc) is 2.99. The van der Waals surface area contributed by atoms with Crippen LogP contribution >= 0.6 is 23.5 Å². The van der Waals surface area contributed by atoms with Gasteiger partial charge in [-0.05, 0) is 79.3 Å². The molecule has 0 atom stereocenters. The van der Waals surface area contributed by atoms with E-state index >= 15 is 0 Å². The first-order chi connectivity index (χ1) is 20.0. The zero-order chi connectivity index (χ0) is 29.1. The highest BCUT2D eigenvalue weighted by Gasteiger charge is 2.30. The normalized spacial score (nSPS) is 14.0. The number of hydrogen-bond acceptors (Lipinski definition) is 8. The van der Waals surface area contributed by atoms with E-state index in [0.717, 1.165) is 71.2 Å². The van der Waals surface area contributed by atoms with Crippen molar-refractivity contribution in [2.45, 2.75) is 42.6 Å². The van der Waals surface area contributed by atoms with Gasteiger partial charge in [0.1, 0.15) is 0 Å². The average molecular weight is 591 g/mol. The molecule has 0 radical (unpaired) electrons. The number of anilines is 2. The van der Waals surface area contributed by atoms with E-state index in [1.165, 1.54) is 26.7 Å². The Hall–Kier alpha value is -3.36. The lowest BCUT2D eigenvalue weighted by molar-refractivity contribution is 0.267. The molecule has 3 aromatic carbocycles. The van der Waals surface area contributed by atoms with Gasteiger partial charge in [0.25, 0.3) is 0 Å². The summed E-state index contributed by atoms with van der Waals surface area (Å²) in [4.78, 5) is 7.12. The van der Waals surface area contributed by atoms with Crippen molar-refractivity contribution in [3.05, 3.63) is 83.5 Å². The Morgan fingerprint density at radius 2 is 1.29 bits per heavy atom. The summed E-state index contributed by atoms with van der Waals surface area (Å²) in [5.41, 5.74) is 8.16. The fourth-order valence-electron chi connectivity index (χ4n) is 5.73. The second-order valence-electron chi connectivity index (χ2n) is 10.1. The van der Waals surface area contributed by atoms with E-state index in [1.807, 2.05) is 24.3 Å². The van der Waals surface area contributed by atoms with E-state index < -0.39 is 0 Å². The number of aryl methyl sites for hydroxylation is 1. The summed E-state index contributed by atoms with van der Waals surface area (Å²) < 4.78 is 24.1. The van der Waals surface area contributed by atoms with Gasteiger partial charge in [-0.25, -0.2) is 0 Å². The molecule has 2 aliphatic rings. The Bertz CT molecular complexity index is 1470. The van der Waals surface area contributed by atoms with Crippen LogP contribution in [0, 0.1) is 6.92 Å². The number of ether oxygens (including phenoxy) is 4. The highest BCUT2D eigenvalue weighted by Crippen LogP contribution is 2.49. The van der Waals surface area contributed by atoms with Crippen LogP contribution in [0.3, 0.4) is 0 Å². The molecular weight excluding hydrogens is 553 g/mol. The number of fused-ring (bicyclic) bond motifs is 2. The summed E-state index contributed by atoms with van der Waals surface area (Å²) in [6.45, 7) is 12.4. The molecule has 0 N–H and O–H groups in total. The highest BCUT2D eigenvalue weighted by atomic mass is 32.2. The van der Waals surface area contributed by atoms with Crippen molar-refractivity contribution >= 4 is 34.9 Å². The third kappa shape index (κ3) is 5.60. The van der Waals surface area contributed by atoms with Crippen LogP contribution in [0.1, 0.15) is 27.8 Å². The van der Waals surface area contributed by atoms with Gasteiger partial charge < -0.3 is 28.7 Å². The number of nitrogens with zero attached hydrogens (tertiary/aromatic N) is 2. The van der Waals surface area contributed by atoms with Crippen LogP contribution in [0.2, 0.25) is 0 Å². The quantitative estimate of drug-likeness (QED) is 0.176. The van der Waals surface area contributed by atoms with Crippen molar-refractivity contribution in [2.75, 3.05) is 50.0 Å². The fraction of sp³-hybridized carbons (Fsp3) is 0.333. The number of rotatable bonds is 10. The molecule has 0 saturated carbocycles. The second kappa shape index (κ2) is 12.7. The van der Waals surface area contributed by atoms with E-state index in [0.29, 0.717) is 13.5 Å². The summed E-state index contributed by atoms with van der Waals surface area (Å²) in [7, 11) is 3.39. The molecule has 41 heavy (non-hydrogen) atoms. The van der Waals surface area contributed by atoms with Crippen molar-refractivity contribution in [2.24, 2.45) is 0 Å². The summed E-state index contributed by atoms with van der Waals surface area (Å²) in [5, 5.41) is 0. The van der Waals surface area contributed by atoms with Crippen molar-refractivity contribution < 1.29 is 18.9 Å². The minimum Gasteiger partial charge on any atom is -0.493 e. The zero-order valence-electron chi connectivity index (χ0n) is 24.5. The van der Waals surface area contributed by atoms with E-state index in [9.17, 15) is 0 Å². The standard InChI is InChI=1S/C33H38N2O4S2/c1-8-10-22-13-24-17-34(19-38-31(24)26(15-22)36-4)29-21(3)12-28(40-6)30(33(29)41-7)35-18-25-14-23(11-9-2)16-27(37-5)32(25)39-20-35/h8-9,12-16H,1-2,10-11,17-20H2,3-7H3. The van der Waals surface area contributed by atoms with Crippen molar-refractivity contribution in [1.29, 1.82) is 0 Å². The van der Waals surface area contributed by atoms with Crippen LogP contribution in [-0.4, -0.2) is 40.2 Å². The predicted molar refractivity (Wildman–Crippen MR) is 172 cm³/mol. The van der Waals surface area contributed by atoms with Crippen LogP contribution < -0.4 is 28.7 Å². The minimum absolute atomic E-state index is 0.440. The molecule has 5 rings (SSSR count). The maximum absolute atomic E-state index is 6.36. The Kier molecular flexibility index (Phi) is 9.00. The molecule has 0 aliphatic carbocycles. The van der Waals surface area contributed by atoms with Crippen LogP contribution in [0.4, 0.5) is 11.4 Å². The molecule has 2 aliphatic heterocycles. The van der Waals surface area contributed by atoms with E-state index in [4.69, 9.17) is 18.9 Å². The molecule has 0 aromatic heterocycles. The molecule has 216 valence electrons. The van der Waals surface area contributed by atoms with E-state index in [1.54, 1.807) is 37.7 Å². The molecule has 0 saturated heterocycles. The second-order valence-corrected chi connectivity index (χ2v) is 11.8.